The van der Waals surface area contributed by atoms with Gasteiger partial charge in [-0.05, 0) is 59.7 Å². The summed E-state index contributed by atoms with van der Waals surface area (Å²) in [6.07, 6.45) is 0. The minimum Gasteiger partial charge on any atom is -0.346 e. The molecule has 2 amide bonds. The number of aromatic nitrogens is 3. The number of carbonyl (C=O) groups is 2. The molecule has 0 aliphatic carbocycles. The lowest BCUT2D eigenvalue weighted by molar-refractivity contribution is 0.0914. The van der Waals surface area contributed by atoms with Crippen LogP contribution < -0.4 is 10.6 Å². The third-order valence-electron chi connectivity index (χ3n) is 3.87. The first-order chi connectivity index (χ1) is 13.3. The number of hydrogen-bond donors (Lipinski definition) is 2. The molecule has 3 rings (SSSR count). The van der Waals surface area contributed by atoms with E-state index in [-0.39, 0.29) is 17.4 Å². The van der Waals surface area contributed by atoms with Crippen molar-refractivity contribution in [3.8, 4) is 0 Å². The lowest BCUT2D eigenvalue weighted by Gasteiger charge is -2.20. The summed E-state index contributed by atoms with van der Waals surface area (Å²) in [5, 5.41) is 11.1. The number of benzene rings is 1. The molecular weight excluding hydrogens is 410 g/mol. The van der Waals surface area contributed by atoms with E-state index in [0.717, 1.165) is 0 Å². The predicted octanol–water partition coefficient (Wildman–Crippen LogP) is 4.68. The molecule has 0 fully saturated rings. The molecule has 7 nitrogen and oxygen atoms in total. The summed E-state index contributed by atoms with van der Waals surface area (Å²) in [4.78, 5) is 29.9. The summed E-state index contributed by atoms with van der Waals surface area (Å²) in [6.45, 7) is 11.7. The molecule has 3 aromatic rings. The first kappa shape index (κ1) is 21.3. The number of nitrogens with zero attached hydrogens (tertiary/aromatic N) is 3. The molecule has 154 valence electrons. The van der Waals surface area contributed by atoms with Gasteiger partial charge in [-0.15, -0.1) is 0 Å². The van der Waals surface area contributed by atoms with E-state index in [2.05, 4.69) is 20.7 Å². The summed E-state index contributed by atoms with van der Waals surface area (Å²) in [5.74, 6) is -0.596. The molecule has 0 atom stereocenters. The van der Waals surface area contributed by atoms with Crippen LogP contribution >= 0.6 is 22.9 Å². The third kappa shape index (κ3) is 4.76. The Balaban J connectivity index is 2.01. The van der Waals surface area contributed by atoms with Crippen LogP contribution in [0.15, 0.2) is 24.3 Å². The molecule has 0 aliphatic rings. The molecule has 0 bridgehead atoms. The molecule has 0 spiro atoms. The standard InChI is InChI=1S/C20H24ClN5O2S/c1-19(2,3)24-17(28)13-14-15(26(25-13)20(4,5)6)22-18(29-14)23-16(27)11-8-7-9-12(21)10-11/h7-10H,1-6H3,(H,24,28)(H,22,23,27). The molecule has 1 aromatic carbocycles. The molecule has 9 heteroatoms. The van der Waals surface area contributed by atoms with Gasteiger partial charge in [0.05, 0.1) is 5.54 Å². The van der Waals surface area contributed by atoms with E-state index in [1.54, 1.807) is 28.9 Å². The largest absolute Gasteiger partial charge is 0.346 e. The van der Waals surface area contributed by atoms with Crippen LogP contribution in [0.25, 0.3) is 10.3 Å². The Morgan fingerprint density at radius 1 is 1.10 bits per heavy atom. The molecule has 0 saturated carbocycles. The van der Waals surface area contributed by atoms with E-state index >= 15 is 0 Å². The second-order valence-corrected chi connectivity index (χ2v) is 10.2. The molecule has 0 unspecified atom stereocenters. The molecule has 2 heterocycles. The number of anilines is 1. The second-order valence-electron chi connectivity index (χ2n) is 8.77. The van der Waals surface area contributed by atoms with Crippen molar-refractivity contribution in [1.82, 2.24) is 20.1 Å². The Kier molecular flexibility index (Phi) is 5.44. The molecular formula is C20H24ClN5O2S. The zero-order valence-corrected chi connectivity index (χ0v) is 18.8. The number of thiazole rings is 1. The molecule has 2 aromatic heterocycles. The van der Waals surface area contributed by atoms with Crippen LogP contribution in [0.1, 0.15) is 62.4 Å². The van der Waals surface area contributed by atoms with Gasteiger partial charge in [-0.25, -0.2) is 4.68 Å². The van der Waals surface area contributed by atoms with Crippen LogP contribution in [0.4, 0.5) is 5.13 Å². The number of halogens is 1. The SMILES string of the molecule is CC(C)(C)NC(=O)c1nn(C(C)(C)C)c2nc(NC(=O)c3cccc(Cl)c3)sc12. The van der Waals surface area contributed by atoms with Crippen molar-refractivity contribution < 1.29 is 9.59 Å². The van der Waals surface area contributed by atoms with Crippen molar-refractivity contribution >= 4 is 50.2 Å². The van der Waals surface area contributed by atoms with Gasteiger partial charge in [0, 0.05) is 16.1 Å². The van der Waals surface area contributed by atoms with Gasteiger partial charge in [0.15, 0.2) is 16.5 Å². The minimum atomic E-state index is -0.400. The monoisotopic (exact) mass is 433 g/mol. The van der Waals surface area contributed by atoms with Crippen LogP contribution in [0.3, 0.4) is 0 Å². The fourth-order valence-electron chi connectivity index (χ4n) is 2.67. The summed E-state index contributed by atoms with van der Waals surface area (Å²) in [6, 6.07) is 6.67. The number of fused-ring (bicyclic) bond motifs is 1. The molecule has 29 heavy (non-hydrogen) atoms. The highest BCUT2D eigenvalue weighted by Crippen LogP contribution is 2.32. The quantitative estimate of drug-likeness (QED) is 0.627. The van der Waals surface area contributed by atoms with E-state index in [1.807, 2.05) is 41.5 Å². The van der Waals surface area contributed by atoms with Crippen molar-refractivity contribution in [3.05, 3.63) is 40.5 Å². The normalized spacial score (nSPS) is 12.2. The van der Waals surface area contributed by atoms with Crippen LogP contribution in [0, 0.1) is 0 Å². The minimum absolute atomic E-state index is 0.276. The fraction of sp³-hybridized carbons (Fsp3) is 0.400. The summed E-state index contributed by atoms with van der Waals surface area (Å²) >= 11 is 7.19. The number of nitrogens with one attached hydrogen (secondary N) is 2. The maximum atomic E-state index is 12.8. The second kappa shape index (κ2) is 7.42. The summed E-state index contributed by atoms with van der Waals surface area (Å²) in [5.41, 5.74) is 0.498. The summed E-state index contributed by atoms with van der Waals surface area (Å²) < 4.78 is 2.34. The Labute approximate surface area is 178 Å². The Morgan fingerprint density at radius 2 is 1.79 bits per heavy atom. The lowest BCUT2D eigenvalue weighted by Crippen LogP contribution is -2.41. The maximum Gasteiger partial charge on any atom is 0.273 e. The predicted molar refractivity (Wildman–Crippen MR) is 117 cm³/mol. The third-order valence-corrected chi connectivity index (χ3v) is 5.07. The van der Waals surface area contributed by atoms with Crippen molar-refractivity contribution in [2.75, 3.05) is 5.32 Å². The number of carbonyl (C=O) groups excluding carboxylic acids is 2. The van der Waals surface area contributed by atoms with Gasteiger partial charge in [-0.1, -0.05) is 29.0 Å². The van der Waals surface area contributed by atoms with E-state index in [0.29, 0.717) is 31.8 Å². The Hall–Kier alpha value is -2.45. The molecule has 2 N–H and O–H groups in total. The average Bonchev–Trinajstić information content (AvgIpc) is 3.10. The van der Waals surface area contributed by atoms with Gasteiger partial charge in [0.2, 0.25) is 0 Å². The summed E-state index contributed by atoms with van der Waals surface area (Å²) in [7, 11) is 0. The number of amides is 2. The van der Waals surface area contributed by atoms with E-state index < -0.39 is 5.54 Å². The zero-order valence-electron chi connectivity index (χ0n) is 17.3. The van der Waals surface area contributed by atoms with Gasteiger partial charge in [0.1, 0.15) is 4.70 Å². The number of hydrogen-bond acceptors (Lipinski definition) is 5. The molecule has 0 aliphatic heterocycles. The van der Waals surface area contributed by atoms with Crippen molar-refractivity contribution in [2.45, 2.75) is 52.6 Å². The fourth-order valence-corrected chi connectivity index (χ4v) is 3.78. The highest BCUT2D eigenvalue weighted by Gasteiger charge is 2.28. The Morgan fingerprint density at radius 3 is 2.38 bits per heavy atom. The van der Waals surface area contributed by atoms with Gasteiger partial charge in [0.25, 0.3) is 11.8 Å². The van der Waals surface area contributed by atoms with Gasteiger partial charge < -0.3 is 5.32 Å². The van der Waals surface area contributed by atoms with Gasteiger partial charge >= 0.3 is 0 Å². The lowest BCUT2D eigenvalue weighted by atomic mass is 10.1. The van der Waals surface area contributed by atoms with Crippen LogP contribution in [0.5, 0.6) is 0 Å². The first-order valence-corrected chi connectivity index (χ1v) is 10.3. The van der Waals surface area contributed by atoms with E-state index in [4.69, 9.17) is 11.6 Å². The molecule has 0 radical (unpaired) electrons. The number of rotatable bonds is 3. The first-order valence-electron chi connectivity index (χ1n) is 9.14. The zero-order chi connectivity index (χ0) is 21.6. The van der Waals surface area contributed by atoms with Crippen molar-refractivity contribution in [1.29, 1.82) is 0 Å². The highest BCUT2D eigenvalue weighted by atomic mass is 35.5. The van der Waals surface area contributed by atoms with Crippen molar-refractivity contribution in [2.24, 2.45) is 0 Å². The topological polar surface area (TPSA) is 88.9 Å². The van der Waals surface area contributed by atoms with E-state index in [1.165, 1.54) is 11.3 Å². The molecule has 0 saturated heterocycles. The van der Waals surface area contributed by atoms with Gasteiger partial charge in [-0.3, -0.25) is 14.9 Å². The maximum absolute atomic E-state index is 12.8. The van der Waals surface area contributed by atoms with Crippen molar-refractivity contribution in [3.63, 3.8) is 0 Å². The van der Waals surface area contributed by atoms with Crippen LogP contribution in [-0.4, -0.2) is 32.1 Å². The van der Waals surface area contributed by atoms with Crippen LogP contribution in [-0.2, 0) is 5.54 Å². The average molecular weight is 434 g/mol. The van der Waals surface area contributed by atoms with Gasteiger partial charge in [-0.2, -0.15) is 10.1 Å². The Bertz CT molecular complexity index is 1090. The van der Waals surface area contributed by atoms with E-state index in [9.17, 15) is 9.59 Å². The van der Waals surface area contributed by atoms with Crippen LogP contribution in [0.2, 0.25) is 5.02 Å². The highest BCUT2D eigenvalue weighted by molar-refractivity contribution is 7.22. The smallest absolute Gasteiger partial charge is 0.273 e.